The second-order valence-electron chi connectivity index (χ2n) is 0.948. The first-order valence-electron chi connectivity index (χ1n) is 1.74. The van der Waals surface area contributed by atoms with Crippen molar-refractivity contribution >= 4 is 5.78 Å². The van der Waals surface area contributed by atoms with Crippen LogP contribution in [0.3, 0.4) is 0 Å². The maximum atomic E-state index is 10.0. The molecule has 0 saturated carbocycles. The lowest BCUT2D eigenvalue weighted by molar-refractivity contribution is -0.112. The number of carbonyl (C=O) groups excluding carboxylic acids is 1. The average Bonchev–Trinajstić information content (AvgIpc) is 1.68. The Labute approximate surface area is 42.7 Å². The summed E-state index contributed by atoms with van der Waals surface area (Å²) < 4.78 is 0. The van der Waals surface area contributed by atoms with Gasteiger partial charge in [-0.3, -0.25) is 4.79 Å². The predicted octanol–water partition coefficient (Wildman–Crippen LogP) is 0.212. The summed E-state index contributed by atoms with van der Waals surface area (Å²) in [7, 11) is 0. The molecule has 0 aromatic carbocycles. The van der Waals surface area contributed by atoms with Crippen molar-refractivity contribution in [2.75, 3.05) is 0 Å². The molecule has 34 valence electrons. The maximum absolute atomic E-state index is 10.0. The highest BCUT2D eigenvalue weighted by Gasteiger charge is 1.86. The molecule has 0 fully saturated rings. The van der Waals surface area contributed by atoms with Gasteiger partial charge in [-0.05, 0) is 5.92 Å². The van der Waals surface area contributed by atoms with E-state index in [0.717, 1.165) is 0 Å². The SMILES string of the molecule is C#CCC(=O)C#C. The van der Waals surface area contributed by atoms with Crippen LogP contribution < -0.4 is 0 Å². The van der Waals surface area contributed by atoms with Crippen molar-refractivity contribution in [1.29, 1.82) is 0 Å². The highest BCUT2D eigenvalue weighted by Crippen LogP contribution is 1.73. The number of Topliss-reactive ketones (excluding diaryl/α,β-unsaturated/α-hetero) is 1. The number of hydrogen-bond acceptors (Lipinski definition) is 1. The normalized spacial score (nSPS) is 6.00. The van der Waals surface area contributed by atoms with E-state index in [4.69, 9.17) is 6.42 Å². The fraction of sp³-hybridized carbons (Fsp3) is 0.167. The van der Waals surface area contributed by atoms with Crippen LogP contribution in [-0.2, 0) is 4.79 Å². The molecule has 0 aromatic rings. The van der Waals surface area contributed by atoms with E-state index < -0.39 is 0 Å². The fourth-order valence-electron chi connectivity index (χ4n) is 0.144. The smallest absolute Gasteiger partial charge is 0.217 e. The molecule has 0 aromatic heterocycles. The van der Waals surface area contributed by atoms with E-state index >= 15 is 0 Å². The van der Waals surface area contributed by atoms with Crippen molar-refractivity contribution in [2.24, 2.45) is 0 Å². The van der Waals surface area contributed by atoms with Gasteiger partial charge in [0.2, 0.25) is 5.78 Å². The quantitative estimate of drug-likeness (QED) is 0.334. The standard InChI is InChI=1S/C6H4O/c1-3-5-6(7)4-2/h1-2H,5H2. The van der Waals surface area contributed by atoms with Gasteiger partial charge in [0.25, 0.3) is 0 Å². The van der Waals surface area contributed by atoms with Gasteiger partial charge in [0.1, 0.15) is 0 Å². The van der Waals surface area contributed by atoms with Crippen molar-refractivity contribution in [1.82, 2.24) is 0 Å². The lowest BCUT2D eigenvalue weighted by Crippen LogP contribution is -1.87. The van der Waals surface area contributed by atoms with Gasteiger partial charge in [-0.2, -0.15) is 0 Å². The van der Waals surface area contributed by atoms with Crippen LogP contribution in [0.4, 0.5) is 0 Å². The number of terminal acetylenes is 2. The fourth-order valence-corrected chi connectivity index (χ4v) is 0.144. The van der Waals surface area contributed by atoms with Gasteiger partial charge in [-0.25, -0.2) is 0 Å². The average molecular weight is 92.1 g/mol. The van der Waals surface area contributed by atoms with Crippen LogP contribution in [-0.4, -0.2) is 5.78 Å². The number of carbonyl (C=O) groups is 1. The zero-order valence-corrected chi connectivity index (χ0v) is 3.77. The Morgan fingerprint density at radius 3 is 2.29 bits per heavy atom. The molecule has 1 heteroatoms. The molecule has 7 heavy (non-hydrogen) atoms. The summed E-state index contributed by atoms with van der Waals surface area (Å²) in [6, 6.07) is 0. The molecular weight excluding hydrogens is 88.1 g/mol. The first-order chi connectivity index (χ1) is 3.31. The van der Waals surface area contributed by atoms with Gasteiger partial charge < -0.3 is 0 Å². The molecule has 0 aliphatic carbocycles. The molecule has 0 atom stereocenters. The number of hydrogen-bond donors (Lipinski definition) is 0. The van der Waals surface area contributed by atoms with Gasteiger partial charge >= 0.3 is 0 Å². The zero-order valence-electron chi connectivity index (χ0n) is 3.77. The minimum absolute atomic E-state index is 0.0521. The summed E-state index contributed by atoms with van der Waals surface area (Å²) in [5, 5.41) is 0. The molecule has 0 rings (SSSR count). The van der Waals surface area contributed by atoms with Crippen LogP contribution >= 0.6 is 0 Å². The highest BCUT2D eigenvalue weighted by atomic mass is 16.1. The largest absolute Gasteiger partial charge is 0.284 e. The van der Waals surface area contributed by atoms with Crippen molar-refractivity contribution < 1.29 is 4.79 Å². The Hall–Kier alpha value is -1.21. The van der Waals surface area contributed by atoms with Gasteiger partial charge in [-0.15, -0.1) is 12.8 Å². The summed E-state index contributed by atoms with van der Waals surface area (Å²) in [5.41, 5.74) is 0. The van der Waals surface area contributed by atoms with E-state index in [0.29, 0.717) is 0 Å². The highest BCUT2D eigenvalue weighted by molar-refractivity contribution is 5.96. The summed E-state index contributed by atoms with van der Waals surface area (Å²) >= 11 is 0. The maximum Gasteiger partial charge on any atom is 0.217 e. The Morgan fingerprint density at radius 2 is 2.14 bits per heavy atom. The Bertz CT molecular complexity index is 143. The van der Waals surface area contributed by atoms with Crippen LogP contribution in [0.1, 0.15) is 6.42 Å². The van der Waals surface area contributed by atoms with Crippen LogP contribution in [0.15, 0.2) is 0 Å². The van der Waals surface area contributed by atoms with E-state index in [-0.39, 0.29) is 12.2 Å². The lowest BCUT2D eigenvalue weighted by atomic mass is 10.3. The monoisotopic (exact) mass is 92.0 g/mol. The minimum atomic E-state index is -0.331. The second-order valence-corrected chi connectivity index (χ2v) is 0.948. The van der Waals surface area contributed by atoms with E-state index in [1.165, 1.54) is 0 Å². The molecule has 1 nitrogen and oxygen atoms in total. The van der Waals surface area contributed by atoms with Gasteiger partial charge in [-0.1, -0.05) is 5.92 Å². The van der Waals surface area contributed by atoms with Crippen LogP contribution in [0.5, 0.6) is 0 Å². The predicted molar refractivity (Wildman–Crippen MR) is 27.3 cm³/mol. The molecule has 0 amide bonds. The van der Waals surface area contributed by atoms with Gasteiger partial charge in [0, 0.05) is 0 Å². The molecule has 0 saturated heterocycles. The zero-order chi connectivity index (χ0) is 5.70. The van der Waals surface area contributed by atoms with E-state index in [1.807, 2.05) is 5.92 Å². The Balaban J connectivity index is 3.50. The van der Waals surface area contributed by atoms with E-state index in [1.54, 1.807) is 0 Å². The molecule has 0 unspecified atom stereocenters. The Kier molecular flexibility index (Phi) is 2.48. The summed E-state index contributed by atoms with van der Waals surface area (Å²) in [4.78, 5) is 10.0. The molecule has 0 aliphatic heterocycles. The topological polar surface area (TPSA) is 17.1 Å². The van der Waals surface area contributed by atoms with Crippen LogP contribution in [0, 0.1) is 24.7 Å². The molecule has 0 spiro atoms. The molecular formula is C6H4O. The van der Waals surface area contributed by atoms with E-state index in [2.05, 4.69) is 12.3 Å². The second kappa shape index (κ2) is 3.00. The van der Waals surface area contributed by atoms with Crippen LogP contribution in [0.25, 0.3) is 0 Å². The molecule has 0 bridgehead atoms. The third-order valence-corrected chi connectivity index (χ3v) is 0.424. The molecule has 0 N–H and O–H groups in total. The van der Waals surface area contributed by atoms with Gasteiger partial charge in [0.05, 0.1) is 6.42 Å². The summed E-state index contributed by atoms with van der Waals surface area (Å²) in [6.45, 7) is 0. The Morgan fingerprint density at radius 1 is 1.57 bits per heavy atom. The van der Waals surface area contributed by atoms with Crippen molar-refractivity contribution in [3.8, 4) is 24.7 Å². The summed E-state index contributed by atoms with van der Waals surface area (Å²) in [6.07, 6.45) is 9.45. The first kappa shape index (κ1) is 5.79. The van der Waals surface area contributed by atoms with Crippen molar-refractivity contribution in [3.05, 3.63) is 0 Å². The van der Waals surface area contributed by atoms with Crippen LogP contribution in [0.2, 0.25) is 0 Å². The van der Waals surface area contributed by atoms with Gasteiger partial charge in [0.15, 0.2) is 0 Å². The third-order valence-electron chi connectivity index (χ3n) is 0.424. The first-order valence-corrected chi connectivity index (χ1v) is 1.74. The summed E-state index contributed by atoms with van der Waals surface area (Å²) in [5.74, 6) is 3.68. The molecule has 0 aliphatic rings. The van der Waals surface area contributed by atoms with E-state index in [9.17, 15) is 4.79 Å². The minimum Gasteiger partial charge on any atom is -0.284 e. The van der Waals surface area contributed by atoms with Crippen molar-refractivity contribution in [3.63, 3.8) is 0 Å². The number of ketones is 1. The van der Waals surface area contributed by atoms with Crippen molar-refractivity contribution in [2.45, 2.75) is 6.42 Å². The molecule has 0 heterocycles. The lowest BCUT2D eigenvalue weighted by Gasteiger charge is -1.72. The number of rotatable bonds is 1. The third kappa shape index (κ3) is 2.60. The molecule has 0 radical (unpaired) electrons.